The van der Waals surface area contributed by atoms with E-state index in [9.17, 15) is 18.0 Å². The molecule has 0 bridgehead atoms. The van der Waals surface area contributed by atoms with Crippen LogP contribution in [-0.2, 0) is 35.8 Å². The van der Waals surface area contributed by atoms with E-state index in [1.165, 1.54) is 10.8 Å². The lowest BCUT2D eigenvalue weighted by atomic mass is 9.80. The molecule has 1 unspecified atom stereocenters. The lowest BCUT2D eigenvalue weighted by Gasteiger charge is -2.37. The zero-order chi connectivity index (χ0) is 29.0. The molecule has 1 saturated heterocycles. The Kier molecular flexibility index (Phi) is 8.37. The standard InChI is InChI=1S/C31H32N2O7S/c1-3-22-20-33(30(35)32-29(22)34)28-19-26(40-41(2,36)37)27(39-28)21-38-31(23-13-7-4-8-14-23,24-15-9-5-10-16-24)25-17-11-6-12-18-25/h4-18,20,26-28H,3,19,21H2,1-2H3,(H,32,34,35)/t26?,27-,28-/m0/s1. The van der Waals surface area contributed by atoms with Gasteiger partial charge in [0, 0.05) is 18.2 Å². The molecule has 214 valence electrons. The number of nitrogens with zero attached hydrogens (tertiary/aromatic N) is 1. The van der Waals surface area contributed by atoms with Crippen LogP contribution in [0.4, 0.5) is 0 Å². The van der Waals surface area contributed by atoms with Gasteiger partial charge in [-0.3, -0.25) is 18.5 Å². The molecule has 1 fully saturated rings. The van der Waals surface area contributed by atoms with Gasteiger partial charge in [-0.25, -0.2) is 4.79 Å². The Hall–Kier alpha value is -3.83. The number of hydrogen-bond acceptors (Lipinski definition) is 7. The average molecular weight is 577 g/mol. The van der Waals surface area contributed by atoms with E-state index in [1.807, 2.05) is 91.0 Å². The highest BCUT2D eigenvalue weighted by Gasteiger charge is 2.44. The topological polar surface area (TPSA) is 117 Å². The van der Waals surface area contributed by atoms with Crippen LogP contribution in [0.15, 0.2) is 107 Å². The third-order valence-electron chi connectivity index (χ3n) is 7.22. The average Bonchev–Trinajstić information content (AvgIpc) is 3.36. The number of aromatic nitrogens is 2. The van der Waals surface area contributed by atoms with E-state index < -0.39 is 45.4 Å². The van der Waals surface area contributed by atoms with Gasteiger partial charge < -0.3 is 9.47 Å². The maximum absolute atomic E-state index is 12.7. The minimum absolute atomic E-state index is 0.0607. The van der Waals surface area contributed by atoms with Crippen LogP contribution in [0.2, 0.25) is 0 Å². The van der Waals surface area contributed by atoms with Gasteiger partial charge in [-0.05, 0) is 23.1 Å². The van der Waals surface area contributed by atoms with E-state index in [-0.39, 0.29) is 13.0 Å². The van der Waals surface area contributed by atoms with E-state index in [0.717, 1.165) is 22.9 Å². The van der Waals surface area contributed by atoms with Gasteiger partial charge in [0.2, 0.25) is 0 Å². The molecule has 1 aliphatic heterocycles. The molecule has 0 amide bonds. The van der Waals surface area contributed by atoms with E-state index >= 15 is 0 Å². The van der Waals surface area contributed by atoms with Crippen molar-refractivity contribution in [1.29, 1.82) is 0 Å². The monoisotopic (exact) mass is 576 g/mol. The second-order valence-corrected chi connectivity index (χ2v) is 11.6. The van der Waals surface area contributed by atoms with Crippen molar-refractivity contribution in [3.05, 3.63) is 140 Å². The zero-order valence-corrected chi connectivity index (χ0v) is 23.6. The second-order valence-electron chi connectivity index (χ2n) is 9.97. The normalized spacial score (nSPS) is 19.3. The molecule has 3 aromatic carbocycles. The summed E-state index contributed by atoms with van der Waals surface area (Å²) in [7, 11) is -3.87. The largest absolute Gasteiger partial charge is 0.358 e. The summed E-state index contributed by atoms with van der Waals surface area (Å²) < 4.78 is 44.3. The molecule has 0 aliphatic carbocycles. The number of hydrogen-bond donors (Lipinski definition) is 1. The van der Waals surface area contributed by atoms with Gasteiger partial charge >= 0.3 is 5.69 Å². The Morgan fingerprint density at radius 3 is 1.88 bits per heavy atom. The Bertz CT molecular complexity index is 1590. The zero-order valence-electron chi connectivity index (χ0n) is 22.8. The highest BCUT2D eigenvalue weighted by molar-refractivity contribution is 7.86. The summed E-state index contributed by atoms with van der Waals surface area (Å²) in [6.07, 6.45) is 0.242. The van der Waals surface area contributed by atoms with Crippen molar-refractivity contribution < 1.29 is 22.1 Å². The van der Waals surface area contributed by atoms with Crippen LogP contribution in [0.5, 0.6) is 0 Å². The van der Waals surface area contributed by atoms with Crippen LogP contribution in [0.3, 0.4) is 0 Å². The van der Waals surface area contributed by atoms with Crippen molar-refractivity contribution in [2.24, 2.45) is 0 Å². The molecule has 1 aromatic heterocycles. The van der Waals surface area contributed by atoms with E-state index in [1.54, 1.807) is 6.92 Å². The molecule has 0 saturated carbocycles. The summed E-state index contributed by atoms with van der Waals surface area (Å²) in [5.41, 5.74) is 0.846. The third kappa shape index (κ3) is 6.11. The molecular formula is C31H32N2O7S. The minimum Gasteiger partial charge on any atom is -0.358 e. The van der Waals surface area contributed by atoms with E-state index in [4.69, 9.17) is 13.7 Å². The molecule has 5 rings (SSSR count). The summed E-state index contributed by atoms with van der Waals surface area (Å²) in [4.78, 5) is 27.2. The lowest BCUT2D eigenvalue weighted by Crippen LogP contribution is -2.39. The van der Waals surface area contributed by atoms with Gasteiger partial charge in [-0.2, -0.15) is 8.42 Å². The van der Waals surface area contributed by atoms with Crippen molar-refractivity contribution in [1.82, 2.24) is 9.55 Å². The van der Waals surface area contributed by atoms with Gasteiger partial charge in [-0.1, -0.05) is 97.9 Å². The molecule has 10 heteroatoms. The van der Waals surface area contributed by atoms with Gasteiger partial charge in [0.25, 0.3) is 15.7 Å². The lowest BCUT2D eigenvalue weighted by molar-refractivity contribution is -0.0910. The Morgan fingerprint density at radius 1 is 0.902 bits per heavy atom. The Labute approximate surface area is 238 Å². The van der Waals surface area contributed by atoms with Crippen LogP contribution in [0, 0.1) is 0 Å². The second kappa shape index (κ2) is 12.0. The van der Waals surface area contributed by atoms with E-state index in [2.05, 4.69) is 4.98 Å². The smallest absolute Gasteiger partial charge is 0.330 e. The van der Waals surface area contributed by atoms with Crippen LogP contribution in [-0.4, -0.2) is 43.0 Å². The third-order valence-corrected chi connectivity index (χ3v) is 7.81. The van der Waals surface area contributed by atoms with Crippen LogP contribution < -0.4 is 11.2 Å². The fourth-order valence-corrected chi connectivity index (χ4v) is 5.97. The SMILES string of the molecule is CCc1cn([C@@H]2CC(OS(C)(=O)=O)[C@H](COC(c3ccccc3)(c3ccccc3)c3ccccc3)O2)c(=O)[nH]c1=O. The van der Waals surface area contributed by atoms with Gasteiger partial charge in [0.1, 0.15) is 24.0 Å². The molecule has 1 N–H and O–H groups in total. The van der Waals surface area contributed by atoms with Crippen LogP contribution in [0.1, 0.15) is 41.8 Å². The van der Waals surface area contributed by atoms with Crippen molar-refractivity contribution in [2.45, 2.75) is 43.8 Å². The highest BCUT2D eigenvalue weighted by Crippen LogP contribution is 2.42. The Morgan fingerprint density at radius 2 is 1.41 bits per heavy atom. The fraction of sp³-hybridized carbons (Fsp3) is 0.290. The van der Waals surface area contributed by atoms with Crippen LogP contribution >= 0.6 is 0 Å². The molecule has 0 radical (unpaired) electrons. The summed E-state index contributed by atoms with van der Waals surface area (Å²) in [6, 6.07) is 29.3. The number of ether oxygens (including phenoxy) is 2. The number of aromatic amines is 1. The predicted molar refractivity (Wildman–Crippen MR) is 154 cm³/mol. The molecule has 3 atom stereocenters. The molecule has 4 aromatic rings. The van der Waals surface area contributed by atoms with Gasteiger partial charge in [0.05, 0.1) is 12.9 Å². The molecule has 1 aliphatic rings. The summed E-state index contributed by atoms with van der Waals surface area (Å²) in [5, 5.41) is 0. The number of rotatable bonds is 10. The quantitative estimate of drug-likeness (QED) is 0.226. The van der Waals surface area contributed by atoms with E-state index in [0.29, 0.717) is 12.0 Å². The first-order chi connectivity index (χ1) is 19.7. The summed E-state index contributed by atoms with van der Waals surface area (Å²) >= 11 is 0. The van der Waals surface area contributed by atoms with Crippen molar-refractivity contribution in [3.8, 4) is 0 Å². The molecule has 41 heavy (non-hydrogen) atoms. The number of H-pyrrole nitrogens is 1. The van der Waals surface area contributed by atoms with Crippen molar-refractivity contribution in [2.75, 3.05) is 12.9 Å². The molecule has 0 spiro atoms. The number of benzene rings is 3. The highest BCUT2D eigenvalue weighted by atomic mass is 32.2. The summed E-state index contributed by atoms with van der Waals surface area (Å²) in [5.74, 6) is 0. The Balaban J connectivity index is 1.56. The predicted octanol–water partition coefficient (Wildman–Crippen LogP) is 3.74. The number of nitrogens with one attached hydrogen (secondary N) is 1. The first-order valence-electron chi connectivity index (χ1n) is 13.4. The molecular weight excluding hydrogens is 544 g/mol. The van der Waals surface area contributed by atoms with Gasteiger partial charge in [-0.15, -0.1) is 0 Å². The van der Waals surface area contributed by atoms with Gasteiger partial charge in [0.15, 0.2) is 0 Å². The maximum atomic E-state index is 12.7. The first-order valence-corrected chi connectivity index (χ1v) is 15.2. The molecule has 2 heterocycles. The first kappa shape index (κ1) is 28.7. The van der Waals surface area contributed by atoms with Crippen molar-refractivity contribution in [3.63, 3.8) is 0 Å². The minimum atomic E-state index is -3.87. The summed E-state index contributed by atoms with van der Waals surface area (Å²) in [6.45, 7) is 1.74. The van der Waals surface area contributed by atoms with Crippen molar-refractivity contribution >= 4 is 10.1 Å². The molecule has 9 nitrogen and oxygen atoms in total. The number of aryl methyl sites for hydroxylation is 1. The van der Waals surface area contributed by atoms with Crippen LogP contribution in [0.25, 0.3) is 0 Å². The maximum Gasteiger partial charge on any atom is 0.330 e. The fourth-order valence-electron chi connectivity index (χ4n) is 5.32.